The van der Waals surface area contributed by atoms with Gasteiger partial charge in [0.2, 0.25) is 0 Å². The second-order valence-electron chi connectivity index (χ2n) is 5.78. The maximum absolute atomic E-state index is 14.2. The molecule has 146 valence electrons. The minimum absolute atomic E-state index is 0.0180. The number of benzene rings is 2. The highest BCUT2D eigenvalue weighted by atomic mass is 35.5. The molecule has 5 nitrogen and oxygen atoms in total. The van der Waals surface area contributed by atoms with Gasteiger partial charge in [-0.3, -0.25) is 14.3 Å². The molecule has 1 aromatic heterocycles. The summed E-state index contributed by atoms with van der Waals surface area (Å²) >= 11 is 7.13. The van der Waals surface area contributed by atoms with Crippen LogP contribution in [-0.4, -0.2) is 15.7 Å². The summed E-state index contributed by atoms with van der Waals surface area (Å²) in [6.07, 6.45) is 0.814. The first kappa shape index (κ1) is 20.6. The van der Waals surface area contributed by atoms with Crippen molar-refractivity contribution in [3.63, 3.8) is 0 Å². The van der Waals surface area contributed by atoms with Gasteiger partial charge >= 0.3 is 7.60 Å². The van der Waals surface area contributed by atoms with E-state index >= 15 is 0 Å². The van der Waals surface area contributed by atoms with Crippen molar-refractivity contribution in [2.75, 3.05) is 4.90 Å². The molecule has 28 heavy (non-hydrogen) atoms. The zero-order valence-corrected chi connectivity index (χ0v) is 16.5. The number of para-hydroxylation sites is 1. The van der Waals surface area contributed by atoms with Crippen LogP contribution in [0.1, 0.15) is 11.2 Å². The van der Waals surface area contributed by atoms with Gasteiger partial charge in [0.05, 0.1) is 0 Å². The highest BCUT2D eigenvalue weighted by Gasteiger charge is 2.42. The van der Waals surface area contributed by atoms with E-state index < -0.39 is 36.5 Å². The molecule has 0 bridgehead atoms. The maximum Gasteiger partial charge on any atom is 0.342 e. The van der Waals surface area contributed by atoms with Crippen LogP contribution in [0.5, 0.6) is 0 Å². The second-order valence-corrected chi connectivity index (χ2v) is 8.83. The Balaban J connectivity index is 2.19. The fourth-order valence-corrected chi connectivity index (χ4v) is 5.06. The van der Waals surface area contributed by atoms with E-state index in [0.717, 1.165) is 35.7 Å². The van der Waals surface area contributed by atoms with Crippen LogP contribution >= 0.6 is 30.5 Å². The Morgan fingerprint density at radius 3 is 2.46 bits per heavy atom. The standard InChI is InChI=1S/C18H13ClF2NO4PS/c1-2-22(16-13(20)4-3-5-14(16)21)18(23)17(27(24,25)26)12-9-28-15-7-6-10(19)8-11(12)15/h2-9,17H,1H2,(H2,24,25,26). The third-order valence-electron chi connectivity index (χ3n) is 4.03. The van der Waals surface area contributed by atoms with Crippen molar-refractivity contribution in [1.82, 2.24) is 0 Å². The second kappa shape index (κ2) is 7.73. The van der Waals surface area contributed by atoms with Crippen LogP contribution in [0, 0.1) is 11.6 Å². The Morgan fingerprint density at radius 2 is 1.89 bits per heavy atom. The third kappa shape index (κ3) is 3.74. The SMILES string of the molecule is C=CN(C(=O)C(c1csc2ccc(Cl)cc12)P(=O)(O)O)c1c(F)cccc1F. The van der Waals surface area contributed by atoms with Gasteiger partial charge < -0.3 is 9.79 Å². The molecule has 0 aliphatic heterocycles. The number of halogens is 3. The van der Waals surface area contributed by atoms with Crippen LogP contribution in [0.4, 0.5) is 14.5 Å². The number of amides is 1. The topological polar surface area (TPSA) is 77.8 Å². The lowest BCUT2D eigenvalue weighted by Gasteiger charge is -2.25. The molecule has 0 spiro atoms. The van der Waals surface area contributed by atoms with Crippen molar-refractivity contribution in [3.05, 3.63) is 76.8 Å². The van der Waals surface area contributed by atoms with E-state index in [4.69, 9.17) is 11.6 Å². The molecule has 0 saturated carbocycles. The Labute approximate surface area is 167 Å². The van der Waals surface area contributed by atoms with E-state index in [1.165, 1.54) is 11.4 Å². The number of anilines is 1. The lowest BCUT2D eigenvalue weighted by atomic mass is 10.1. The number of fused-ring (bicyclic) bond motifs is 1. The highest BCUT2D eigenvalue weighted by molar-refractivity contribution is 7.53. The van der Waals surface area contributed by atoms with Crippen molar-refractivity contribution in [3.8, 4) is 0 Å². The minimum Gasteiger partial charge on any atom is -0.324 e. The van der Waals surface area contributed by atoms with Crippen LogP contribution in [0.25, 0.3) is 10.1 Å². The average Bonchev–Trinajstić information content (AvgIpc) is 2.99. The number of hydrogen-bond acceptors (Lipinski definition) is 3. The van der Waals surface area contributed by atoms with Gasteiger partial charge in [-0.2, -0.15) is 0 Å². The van der Waals surface area contributed by atoms with Crippen LogP contribution < -0.4 is 4.90 Å². The molecule has 1 unspecified atom stereocenters. The zero-order valence-electron chi connectivity index (χ0n) is 14.1. The predicted octanol–water partition coefficient (Wildman–Crippen LogP) is 5.23. The molecule has 3 rings (SSSR count). The summed E-state index contributed by atoms with van der Waals surface area (Å²) in [6, 6.07) is 7.68. The number of carbonyl (C=O) groups is 1. The molecule has 2 aromatic carbocycles. The normalized spacial score (nSPS) is 12.8. The van der Waals surface area contributed by atoms with Gasteiger partial charge in [0.15, 0.2) is 5.66 Å². The van der Waals surface area contributed by atoms with Crippen molar-refractivity contribution in [2.45, 2.75) is 5.66 Å². The first-order chi connectivity index (χ1) is 13.1. The van der Waals surface area contributed by atoms with Crippen LogP contribution in [0.3, 0.4) is 0 Å². The quantitative estimate of drug-likeness (QED) is 0.529. The number of hydrogen-bond donors (Lipinski definition) is 2. The highest BCUT2D eigenvalue weighted by Crippen LogP contribution is 2.55. The molecule has 0 aliphatic rings. The number of thiophene rings is 1. The molecular weight excluding hydrogens is 431 g/mol. The molecule has 1 heterocycles. The number of carbonyl (C=O) groups excluding carboxylic acids is 1. The maximum atomic E-state index is 14.2. The molecule has 0 radical (unpaired) electrons. The van der Waals surface area contributed by atoms with Gasteiger partial charge in [-0.1, -0.05) is 24.2 Å². The molecule has 10 heteroatoms. The fourth-order valence-electron chi connectivity index (χ4n) is 2.83. The summed E-state index contributed by atoms with van der Waals surface area (Å²) < 4.78 is 41.2. The monoisotopic (exact) mass is 443 g/mol. The van der Waals surface area contributed by atoms with Crippen molar-refractivity contribution in [2.24, 2.45) is 0 Å². The molecular formula is C18H13ClF2NO4PS. The Kier molecular flexibility index (Phi) is 5.70. The smallest absolute Gasteiger partial charge is 0.324 e. The summed E-state index contributed by atoms with van der Waals surface area (Å²) in [7, 11) is -5.08. The van der Waals surface area contributed by atoms with Gasteiger partial charge in [0, 0.05) is 15.9 Å². The average molecular weight is 444 g/mol. The summed E-state index contributed by atoms with van der Waals surface area (Å²) in [4.78, 5) is 33.3. The molecule has 1 amide bonds. The van der Waals surface area contributed by atoms with Gasteiger partial charge in [-0.05, 0) is 46.7 Å². The van der Waals surface area contributed by atoms with Gasteiger partial charge in [-0.25, -0.2) is 8.78 Å². The third-order valence-corrected chi connectivity index (χ3v) is 6.42. The Morgan fingerprint density at radius 1 is 1.25 bits per heavy atom. The van der Waals surface area contributed by atoms with E-state index in [1.54, 1.807) is 12.1 Å². The lowest BCUT2D eigenvalue weighted by Crippen LogP contribution is -2.32. The number of rotatable bonds is 5. The summed E-state index contributed by atoms with van der Waals surface area (Å²) in [5, 5.41) is 2.10. The van der Waals surface area contributed by atoms with Crippen LogP contribution in [0.2, 0.25) is 5.02 Å². The minimum atomic E-state index is -5.08. The van der Waals surface area contributed by atoms with Crippen molar-refractivity contribution < 1.29 is 27.9 Å². The van der Waals surface area contributed by atoms with Crippen LogP contribution in [0.15, 0.2) is 54.6 Å². The molecule has 3 aromatic rings. The first-order valence-electron chi connectivity index (χ1n) is 7.76. The lowest BCUT2D eigenvalue weighted by molar-refractivity contribution is -0.118. The summed E-state index contributed by atoms with van der Waals surface area (Å²) in [6.45, 7) is 3.36. The predicted molar refractivity (Wildman–Crippen MR) is 106 cm³/mol. The summed E-state index contributed by atoms with van der Waals surface area (Å²) in [5.74, 6) is -3.36. The molecule has 0 saturated heterocycles. The van der Waals surface area contributed by atoms with E-state index in [-0.39, 0.29) is 5.56 Å². The number of nitrogens with zero attached hydrogens (tertiary/aromatic N) is 1. The van der Waals surface area contributed by atoms with E-state index in [2.05, 4.69) is 6.58 Å². The van der Waals surface area contributed by atoms with Gasteiger partial charge in [-0.15, -0.1) is 11.3 Å². The largest absolute Gasteiger partial charge is 0.342 e. The van der Waals surface area contributed by atoms with Crippen LogP contribution in [-0.2, 0) is 9.36 Å². The Bertz CT molecular complexity index is 1110. The van der Waals surface area contributed by atoms with Gasteiger partial charge in [0.25, 0.3) is 5.91 Å². The molecule has 1 atom stereocenters. The van der Waals surface area contributed by atoms with E-state index in [0.29, 0.717) is 20.0 Å². The Hall–Kier alpha value is -2.09. The first-order valence-corrected chi connectivity index (χ1v) is 10.7. The van der Waals surface area contributed by atoms with E-state index in [9.17, 15) is 27.9 Å². The summed E-state index contributed by atoms with van der Waals surface area (Å²) in [5.41, 5.74) is -2.74. The molecule has 2 N–H and O–H groups in total. The molecule has 0 fully saturated rings. The zero-order chi connectivity index (χ0) is 20.6. The fraction of sp³-hybridized carbons (Fsp3) is 0.0556. The molecule has 0 aliphatic carbocycles. The van der Waals surface area contributed by atoms with Gasteiger partial charge in [0.1, 0.15) is 17.3 Å². The van der Waals surface area contributed by atoms with Crippen molar-refractivity contribution in [1.29, 1.82) is 0 Å². The van der Waals surface area contributed by atoms with Crippen molar-refractivity contribution >= 4 is 52.2 Å². The van der Waals surface area contributed by atoms with E-state index in [1.807, 2.05) is 0 Å².